The third-order valence-electron chi connectivity index (χ3n) is 6.51. The van der Waals surface area contributed by atoms with Crippen molar-refractivity contribution in [3.05, 3.63) is 35.4 Å². The Kier molecular flexibility index (Phi) is 6.06. The molecule has 28 heavy (non-hydrogen) atoms. The third kappa shape index (κ3) is 4.05. The maximum atomic E-state index is 12.8. The van der Waals surface area contributed by atoms with E-state index in [0.29, 0.717) is 25.1 Å². The molecule has 2 fully saturated rings. The van der Waals surface area contributed by atoms with Crippen LogP contribution in [0.5, 0.6) is 0 Å². The number of hydrogen-bond acceptors (Lipinski definition) is 3. The highest BCUT2D eigenvalue weighted by molar-refractivity contribution is 5.95. The SMILES string of the molecule is CC(C)C1(C(=O)O)CCN(C(=O)c2ccc(CNC(=O)C3CCCC3)cc2)C1. The minimum atomic E-state index is -0.861. The number of carbonyl (C=O) groups is 3. The van der Waals surface area contributed by atoms with E-state index in [-0.39, 0.29) is 30.2 Å². The number of nitrogens with zero attached hydrogens (tertiary/aromatic N) is 1. The number of nitrogens with one attached hydrogen (secondary N) is 1. The zero-order valence-corrected chi connectivity index (χ0v) is 16.7. The summed E-state index contributed by atoms with van der Waals surface area (Å²) in [5.41, 5.74) is 0.641. The fourth-order valence-electron chi connectivity index (χ4n) is 4.37. The summed E-state index contributed by atoms with van der Waals surface area (Å²) < 4.78 is 0. The summed E-state index contributed by atoms with van der Waals surface area (Å²) in [7, 11) is 0. The Hall–Kier alpha value is -2.37. The molecule has 2 amide bonds. The van der Waals surface area contributed by atoms with Crippen molar-refractivity contribution >= 4 is 17.8 Å². The molecule has 2 N–H and O–H groups in total. The van der Waals surface area contributed by atoms with Gasteiger partial charge in [0.25, 0.3) is 5.91 Å². The molecule has 2 aliphatic rings. The van der Waals surface area contributed by atoms with Crippen molar-refractivity contribution in [3.8, 4) is 0 Å². The van der Waals surface area contributed by atoms with E-state index in [4.69, 9.17) is 0 Å². The molecule has 1 heterocycles. The number of rotatable bonds is 6. The second-order valence-corrected chi connectivity index (χ2v) is 8.49. The van der Waals surface area contributed by atoms with Crippen molar-refractivity contribution in [2.24, 2.45) is 17.3 Å². The molecule has 152 valence electrons. The fraction of sp³-hybridized carbons (Fsp3) is 0.591. The Labute approximate surface area is 166 Å². The van der Waals surface area contributed by atoms with Crippen LogP contribution in [0, 0.1) is 17.3 Å². The lowest BCUT2D eigenvalue weighted by atomic mass is 9.76. The number of carboxylic acid groups (broad SMARTS) is 1. The van der Waals surface area contributed by atoms with E-state index in [1.165, 1.54) is 0 Å². The molecule has 1 aromatic carbocycles. The van der Waals surface area contributed by atoms with Crippen molar-refractivity contribution < 1.29 is 19.5 Å². The van der Waals surface area contributed by atoms with Crippen LogP contribution in [-0.2, 0) is 16.1 Å². The van der Waals surface area contributed by atoms with Gasteiger partial charge in [-0.3, -0.25) is 14.4 Å². The second kappa shape index (κ2) is 8.33. The molecule has 1 atom stereocenters. The largest absolute Gasteiger partial charge is 0.481 e. The molecule has 1 aliphatic carbocycles. The molecule has 1 saturated heterocycles. The highest BCUT2D eigenvalue weighted by atomic mass is 16.4. The number of benzene rings is 1. The molecular formula is C22H30N2O4. The zero-order valence-electron chi connectivity index (χ0n) is 16.7. The molecular weight excluding hydrogens is 356 g/mol. The number of hydrogen-bond donors (Lipinski definition) is 2. The van der Waals surface area contributed by atoms with Gasteiger partial charge in [0.1, 0.15) is 0 Å². The van der Waals surface area contributed by atoms with Gasteiger partial charge in [0.15, 0.2) is 0 Å². The number of aliphatic carboxylic acids is 1. The molecule has 6 heteroatoms. The Bertz CT molecular complexity index is 737. The van der Waals surface area contributed by atoms with Crippen molar-refractivity contribution in [2.75, 3.05) is 13.1 Å². The van der Waals surface area contributed by atoms with Gasteiger partial charge in [-0.25, -0.2) is 0 Å². The van der Waals surface area contributed by atoms with Crippen molar-refractivity contribution in [1.29, 1.82) is 0 Å². The lowest BCUT2D eigenvalue weighted by Crippen LogP contribution is -2.40. The van der Waals surface area contributed by atoms with Crippen LogP contribution in [0.4, 0.5) is 0 Å². The van der Waals surface area contributed by atoms with E-state index in [1.807, 2.05) is 26.0 Å². The maximum Gasteiger partial charge on any atom is 0.311 e. The van der Waals surface area contributed by atoms with Gasteiger partial charge in [-0.1, -0.05) is 38.8 Å². The smallest absolute Gasteiger partial charge is 0.311 e. The lowest BCUT2D eigenvalue weighted by Gasteiger charge is -2.28. The van der Waals surface area contributed by atoms with Crippen LogP contribution in [-0.4, -0.2) is 40.9 Å². The van der Waals surface area contributed by atoms with Gasteiger partial charge in [-0.2, -0.15) is 0 Å². The molecule has 1 saturated carbocycles. The van der Waals surface area contributed by atoms with Gasteiger partial charge in [-0.15, -0.1) is 0 Å². The Morgan fingerprint density at radius 3 is 2.36 bits per heavy atom. The summed E-state index contributed by atoms with van der Waals surface area (Å²) >= 11 is 0. The normalized spacial score (nSPS) is 22.6. The van der Waals surface area contributed by atoms with Gasteiger partial charge in [0, 0.05) is 31.1 Å². The minimum Gasteiger partial charge on any atom is -0.481 e. The van der Waals surface area contributed by atoms with Crippen molar-refractivity contribution in [1.82, 2.24) is 10.2 Å². The van der Waals surface area contributed by atoms with Crippen LogP contribution < -0.4 is 5.32 Å². The number of carboxylic acids is 1. The average molecular weight is 386 g/mol. The lowest BCUT2D eigenvalue weighted by molar-refractivity contribution is -0.150. The van der Waals surface area contributed by atoms with Crippen LogP contribution in [0.1, 0.15) is 61.9 Å². The topological polar surface area (TPSA) is 86.7 Å². The molecule has 1 unspecified atom stereocenters. The van der Waals surface area contributed by atoms with Gasteiger partial charge in [0.05, 0.1) is 5.41 Å². The predicted octanol–water partition coefficient (Wildman–Crippen LogP) is 3.07. The van der Waals surface area contributed by atoms with Gasteiger partial charge in [0.2, 0.25) is 5.91 Å². The standard InChI is InChI=1S/C22H30N2O4/c1-15(2)22(21(27)28)11-12-24(14-22)20(26)18-9-7-16(8-10-18)13-23-19(25)17-5-3-4-6-17/h7-10,15,17H,3-6,11-14H2,1-2H3,(H,23,25)(H,27,28). The molecule has 0 bridgehead atoms. The molecule has 0 spiro atoms. The van der Waals surface area contributed by atoms with E-state index in [2.05, 4.69) is 5.32 Å². The van der Waals surface area contributed by atoms with Crippen LogP contribution >= 0.6 is 0 Å². The van der Waals surface area contributed by atoms with Gasteiger partial charge in [-0.05, 0) is 42.9 Å². The van der Waals surface area contributed by atoms with Crippen LogP contribution in [0.2, 0.25) is 0 Å². The summed E-state index contributed by atoms with van der Waals surface area (Å²) in [5.74, 6) is -0.731. The van der Waals surface area contributed by atoms with Gasteiger partial charge >= 0.3 is 5.97 Å². The number of likely N-dealkylation sites (tertiary alicyclic amines) is 1. The predicted molar refractivity (Wildman–Crippen MR) is 106 cm³/mol. The Balaban J connectivity index is 1.58. The monoisotopic (exact) mass is 386 g/mol. The van der Waals surface area contributed by atoms with Crippen LogP contribution in [0.3, 0.4) is 0 Å². The summed E-state index contributed by atoms with van der Waals surface area (Å²) in [5, 5.41) is 12.6. The fourth-order valence-corrected chi connectivity index (χ4v) is 4.37. The Morgan fingerprint density at radius 2 is 1.82 bits per heavy atom. The Morgan fingerprint density at radius 1 is 1.18 bits per heavy atom. The molecule has 1 aliphatic heterocycles. The first kappa shape index (κ1) is 20.4. The summed E-state index contributed by atoms with van der Waals surface area (Å²) in [6, 6.07) is 7.22. The highest BCUT2D eigenvalue weighted by Crippen LogP contribution is 2.38. The minimum absolute atomic E-state index is 0.0337. The summed E-state index contributed by atoms with van der Waals surface area (Å²) in [6.07, 6.45) is 4.69. The van der Waals surface area contributed by atoms with Crippen LogP contribution in [0.15, 0.2) is 24.3 Å². The first-order chi connectivity index (χ1) is 13.3. The average Bonchev–Trinajstić information content (AvgIpc) is 3.36. The first-order valence-corrected chi connectivity index (χ1v) is 10.2. The molecule has 0 radical (unpaired) electrons. The highest BCUT2D eigenvalue weighted by Gasteiger charge is 2.48. The number of amides is 2. The van der Waals surface area contributed by atoms with Crippen LogP contribution in [0.25, 0.3) is 0 Å². The van der Waals surface area contributed by atoms with E-state index in [0.717, 1.165) is 31.2 Å². The third-order valence-corrected chi connectivity index (χ3v) is 6.51. The molecule has 1 aromatic rings. The molecule has 3 rings (SSSR count). The summed E-state index contributed by atoms with van der Waals surface area (Å²) in [6.45, 7) is 4.97. The quantitative estimate of drug-likeness (QED) is 0.787. The van der Waals surface area contributed by atoms with E-state index in [1.54, 1.807) is 17.0 Å². The molecule has 0 aromatic heterocycles. The maximum absolute atomic E-state index is 12.8. The second-order valence-electron chi connectivity index (χ2n) is 8.49. The summed E-state index contributed by atoms with van der Waals surface area (Å²) in [4.78, 5) is 38.3. The van der Waals surface area contributed by atoms with Crippen molar-refractivity contribution in [3.63, 3.8) is 0 Å². The van der Waals surface area contributed by atoms with E-state index in [9.17, 15) is 19.5 Å². The number of carbonyl (C=O) groups excluding carboxylic acids is 2. The van der Waals surface area contributed by atoms with E-state index >= 15 is 0 Å². The molecule has 6 nitrogen and oxygen atoms in total. The first-order valence-electron chi connectivity index (χ1n) is 10.2. The zero-order chi connectivity index (χ0) is 20.3. The van der Waals surface area contributed by atoms with Gasteiger partial charge < -0.3 is 15.3 Å². The van der Waals surface area contributed by atoms with E-state index < -0.39 is 11.4 Å². The van der Waals surface area contributed by atoms with Crippen molar-refractivity contribution in [2.45, 2.75) is 52.5 Å².